The van der Waals surface area contributed by atoms with Crippen molar-refractivity contribution >= 4 is 18.4 Å². The number of nitrogens with zero attached hydrogens (tertiary/aromatic N) is 1. The number of carbonyl (C=O) groups is 1. The Bertz CT molecular complexity index is 657. The van der Waals surface area contributed by atoms with Crippen LogP contribution in [-0.4, -0.2) is 31.5 Å². The van der Waals surface area contributed by atoms with Crippen LogP contribution in [0.1, 0.15) is 17.5 Å². The molecule has 0 amide bonds. The summed E-state index contributed by atoms with van der Waals surface area (Å²) in [6.45, 7) is 0.818. The van der Waals surface area contributed by atoms with E-state index in [1.54, 1.807) is 0 Å². The number of rotatable bonds is 4. The molecule has 0 spiro atoms. The van der Waals surface area contributed by atoms with Gasteiger partial charge in [-0.1, -0.05) is 48.5 Å². The molecule has 4 heteroatoms. The van der Waals surface area contributed by atoms with Crippen molar-refractivity contribution in [1.82, 2.24) is 4.90 Å². The van der Waals surface area contributed by atoms with E-state index in [2.05, 4.69) is 4.90 Å². The highest BCUT2D eigenvalue weighted by atomic mass is 35.5. The van der Waals surface area contributed by atoms with Crippen LogP contribution in [0.3, 0.4) is 0 Å². The quantitative estimate of drug-likeness (QED) is 0.640. The van der Waals surface area contributed by atoms with E-state index in [-0.39, 0.29) is 18.4 Å². The van der Waals surface area contributed by atoms with Gasteiger partial charge in [-0.2, -0.15) is 0 Å². The average Bonchev–Trinajstić information content (AvgIpc) is 2.79. The van der Waals surface area contributed by atoms with E-state index in [1.807, 2.05) is 68.7 Å². The number of benzene rings is 2. The molecule has 0 aliphatic carbocycles. The van der Waals surface area contributed by atoms with E-state index in [9.17, 15) is 4.79 Å². The Hall–Kier alpha value is -1.84. The van der Waals surface area contributed by atoms with Crippen molar-refractivity contribution in [3.8, 4) is 5.75 Å². The van der Waals surface area contributed by atoms with Crippen molar-refractivity contribution in [1.29, 1.82) is 0 Å². The molecule has 2 aromatic rings. The summed E-state index contributed by atoms with van der Waals surface area (Å²) in [5.41, 5.74) is 1.28. The van der Waals surface area contributed by atoms with Gasteiger partial charge < -0.3 is 9.64 Å². The zero-order valence-corrected chi connectivity index (χ0v) is 13.6. The maximum absolute atomic E-state index is 12.7. The lowest BCUT2D eigenvalue weighted by Crippen LogP contribution is -2.38. The highest BCUT2D eigenvalue weighted by molar-refractivity contribution is 5.94. The van der Waals surface area contributed by atoms with Crippen molar-refractivity contribution in [3.63, 3.8) is 0 Å². The Morgan fingerprint density at radius 3 is 2.32 bits per heavy atom. The van der Waals surface area contributed by atoms with E-state index in [0.717, 1.165) is 17.7 Å². The Balaban J connectivity index is 0.00000176. The number of ether oxygens (including phenoxy) is 1. The van der Waals surface area contributed by atoms with Crippen LogP contribution in [0, 0.1) is 0 Å². The Labute approximate surface area is 137 Å². The summed E-state index contributed by atoms with van der Waals surface area (Å²) < 4.78 is 5.55. The minimum Gasteiger partial charge on any atom is -0.425 e. The summed E-state index contributed by atoms with van der Waals surface area (Å²) in [5, 5.41) is 0. The number of halogens is 1. The van der Waals surface area contributed by atoms with Crippen molar-refractivity contribution < 1.29 is 9.53 Å². The Morgan fingerprint density at radius 1 is 1.00 bits per heavy atom. The fourth-order valence-electron chi connectivity index (χ4n) is 2.97. The molecule has 116 valence electrons. The third kappa shape index (κ3) is 2.62. The topological polar surface area (TPSA) is 29.5 Å². The first kappa shape index (κ1) is 16.5. The van der Waals surface area contributed by atoms with Crippen LogP contribution in [0.25, 0.3) is 0 Å². The molecule has 0 aromatic heterocycles. The molecule has 0 bridgehead atoms. The maximum Gasteiger partial charge on any atom is 0.326 e. The molecule has 1 aliphatic heterocycles. The standard InChI is InChI=1S/C18H19NO2.ClH/c1-19(2)13-12-18(14-8-4-3-5-9-14)15-10-6-7-11-16(15)21-17(18)20;/h3-11H,12-13H2,1-2H3;1H. The number of carbonyl (C=O) groups excluding carboxylic acids is 1. The Morgan fingerprint density at radius 2 is 1.64 bits per heavy atom. The van der Waals surface area contributed by atoms with Crippen LogP contribution < -0.4 is 4.74 Å². The highest BCUT2D eigenvalue weighted by Crippen LogP contribution is 2.46. The molecular weight excluding hydrogens is 298 g/mol. The molecule has 3 nitrogen and oxygen atoms in total. The van der Waals surface area contributed by atoms with Crippen molar-refractivity contribution in [2.45, 2.75) is 11.8 Å². The number of esters is 1. The summed E-state index contributed by atoms with van der Waals surface area (Å²) in [6, 6.07) is 17.7. The average molecular weight is 318 g/mol. The summed E-state index contributed by atoms with van der Waals surface area (Å²) in [6.07, 6.45) is 0.708. The molecule has 1 aliphatic rings. The number of hydrogen-bond acceptors (Lipinski definition) is 3. The van der Waals surface area contributed by atoms with E-state index in [1.165, 1.54) is 0 Å². The van der Waals surface area contributed by atoms with E-state index in [4.69, 9.17) is 4.74 Å². The van der Waals surface area contributed by atoms with Gasteiger partial charge in [0.1, 0.15) is 11.2 Å². The van der Waals surface area contributed by atoms with Gasteiger partial charge in [-0.05, 0) is 38.7 Å². The normalized spacial score (nSPS) is 19.5. The SMILES string of the molecule is CN(C)CCC1(c2ccccc2)C(=O)Oc2ccccc21.Cl. The van der Waals surface area contributed by atoms with Crippen LogP contribution >= 0.6 is 12.4 Å². The molecule has 0 saturated heterocycles. The van der Waals surface area contributed by atoms with Gasteiger partial charge in [0.2, 0.25) is 0 Å². The molecular formula is C18H20ClNO2. The Kier molecular flexibility index (Phi) is 4.89. The molecule has 0 N–H and O–H groups in total. The van der Waals surface area contributed by atoms with Gasteiger partial charge in [-0.3, -0.25) is 4.79 Å². The minimum atomic E-state index is -0.692. The third-order valence-corrected chi connectivity index (χ3v) is 4.10. The van der Waals surface area contributed by atoms with E-state index < -0.39 is 5.41 Å². The molecule has 2 aromatic carbocycles. The van der Waals surface area contributed by atoms with Crippen molar-refractivity contribution in [2.75, 3.05) is 20.6 Å². The van der Waals surface area contributed by atoms with Crippen LogP contribution in [-0.2, 0) is 10.2 Å². The fourth-order valence-corrected chi connectivity index (χ4v) is 2.97. The smallest absolute Gasteiger partial charge is 0.326 e. The molecule has 0 fully saturated rings. The lowest BCUT2D eigenvalue weighted by Gasteiger charge is -2.28. The zero-order valence-electron chi connectivity index (χ0n) is 12.8. The molecule has 0 radical (unpaired) electrons. The van der Waals surface area contributed by atoms with Gasteiger partial charge in [-0.25, -0.2) is 0 Å². The summed E-state index contributed by atoms with van der Waals surface area (Å²) in [5.74, 6) is 0.516. The largest absolute Gasteiger partial charge is 0.425 e. The summed E-state index contributed by atoms with van der Waals surface area (Å²) in [4.78, 5) is 14.8. The first-order chi connectivity index (χ1) is 10.1. The van der Waals surface area contributed by atoms with Crippen molar-refractivity contribution in [3.05, 3.63) is 65.7 Å². The van der Waals surface area contributed by atoms with Gasteiger partial charge in [0.25, 0.3) is 0 Å². The number of fused-ring (bicyclic) bond motifs is 1. The second-order valence-corrected chi connectivity index (χ2v) is 5.71. The lowest BCUT2D eigenvalue weighted by molar-refractivity contribution is -0.137. The van der Waals surface area contributed by atoms with E-state index >= 15 is 0 Å². The monoisotopic (exact) mass is 317 g/mol. The minimum absolute atomic E-state index is 0. The number of hydrogen-bond donors (Lipinski definition) is 0. The zero-order chi connectivity index (χ0) is 14.9. The molecule has 22 heavy (non-hydrogen) atoms. The number of para-hydroxylation sites is 1. The van der Waals surface area contributed by atoms with Crippen LogP contribution in [0.2, 0.25) is 0 Å². The molecule has 1 atom stereocenters. The first-order valence-electron chi connectivity index (χ1n) is 7.16. The van der Waals surface area contributed by atoms with Gasteiger partial charge in [0, 0.05) is 5.56 Å². The fraction of sp³-hybridized carbons (Fsp3) is 0.278. The highest BCUT2D eigenvalue weighted by Gasteiger charge is 2.49. The summed E-state index contributed by atoms with van der Waals surface area (Å²) in [7, 11) is 4.04. The van der Waals surface area contributed by atoms with E-state index in [0.29, 0.717) is 12.2 Å². The predicted molar refractivity (Wildman–Crippen MR) is 89.7 cm³/mol. The van der Waals surface area contributed by atoms with Gasteiger partial charge >= 0.3 is 5.97 Å². The molecule has 0 saturated carbocycles. The summed E-state index contributed by atoms with van der Waals surface area (Å²) >= 11 is 0. The lowest BCUT2D eigenvalue weighted by atomic mass is 9.73. The molecule has 1 unspecified atom stereocenters. The van der Waals surface area contributed by atoms with Crippen LogP contribution in [0.5, 0.6) is 5.75 Å². The third-order valence-electron chi connectivity index (χ3n) is 4.10. The van der Waals surface area contributed by atoms with Gasteiger partial charge in [-0.15, -0.1) is 12.4 Å². The van der Waals surface area contributed by atoms with Crippen LogP contribution in [0.15, 0.2) is 54.6 Å². The van der Waals surface area contributed by atoms with Crippen LogP contribution in [0.4, 0.5) is 0 Å². The first-order valence-corrected chi connectivity index (χ1v) is 7.16. The van der Waals surface area contributed by atoms with Gasteiger partial charge in [0.15, 0.2) is 0 Å². The maximum atomic E-state index is 12.7. The second kappa shape index (κ2) is 6.51. The second-order valence-electron chi connectivity index (χ2n) is 5.71. The van der Waals surface area contributed by atoms with Crippen molar-refractivity contribution in [2.24, 2.45) is 0 Å². The van der Waals surface area contributed by atoms with Gasteiger partial charge in [0.05, 0.1) is 0 Å². The predicted octanol–water partition coefficient (Wildman–Crippen LogP) is 3.27. The molecule has 3 rings (SSSR count). The molecule has 1 heterocycles.